The fourth-order valence-electron chi connectivity index (χ4n) is 1.37. The van der Waals surface area contributed by atoms with Crippen molar-refractivity contribution in [2.24, 2.45) is 0 Å². The number of fused-ring (bicyclic) bond motifs is 1. The van der Waals surface area contributed by atoms with Crippen molar-refractivity contribution in [1.29, 1.82) is 0 Å². The number of alkyl halides is 1. The number of rotatable bonds is 0. The number of nitrogens with zero attached hydrogens (tertiary/aromatic N) is 2. The van der Waals surface area contributed by atoms with Crippen LogP contribution in [-0.2, 0) is 6.54 Å². The lowest BCUT2D eigenvalue weighted by Gasteiger charge is -2.18. The van der Waals surface area contributed by atoms with Gasteiger partial charge in [0, 0.05) is 12.7 Å². The van der Waals surface area contributed by atoms with Gasteiger partial charge in [-0.15, -0.1) is 0 Å². The van der Waals surface area contributed by atoms with Gasteiger partial charge in [-0.25, -0.2) is 4.98 Å². The molecule has 1 aliphatic rings. The Morgan fingerprint density at radius 1 is 1.70 bits per heavy atom. The summed E-state index contributed by atoms with van der Waals surface area (Å²) in [5.41, 5.74) is 1.33. The first-order valence-electron chi connectivity index (χ1n) is 3.52. The Balaban J connectivity index is 2.41. The molecule has 1 unspecified atom stereocenters. The van der Waals surface area contributed by atoms with Crippen LogP contribution in [0.2, 0.25) is 0 Å². The van der Waals surface area contributed by atoms with Gasteiger partial charge in [-0.1, -0.05) is 15.9 Å². The predicted octanol–water partition coefficient (Wildman–Crippen LogP) is 2.11. The second-order valence-corrected chi connectivity index (χ2v) is 3.73. The van der Waals surface area contributed by atoms with E-state index in [0.29, 0.717) is 4.83 Å². The molecule has 1 aromatic heterocycles. The molecule has 2 nitrogen and oxygen atoms in total. The fraction of sp³-hybridized carbons (Fsp3) is 0.571. The van der Waals surface area contributed by atoms with Crippen LogP contribution in [0.15, 0.2) is 12.5 Å². The van der Waals surface area contributed by atoms with Crippen molar-refractivity contribution in [1.82, 2.24) is 9.55 Å². The molecule has 0 amide bonds. The van der Waals surface area contributed by atoms with E-state index in [-0.39, 0.29) is 0 Å². The van der Waals surface area contributed by atoms with Gasteiger partial charge in [0.05, 0.1) is 16.8 Å². The van der Waals surface area contributed by atoms with E-state index in [2.05, 4.69) is 25.5 Å². The van der Waals surface area contributed by atoms with Gasteiger partial charge in [0.25, 0.3) is 0 Å². The Labute approximate surface area is 68.4 Å². The van der Waals surface area contributed by atoms with Crippen molar-refractivity contribution in [3.8, 4) is 0 Å². The first-order valence-corrected chi connectivity index (χ1v) is 4.43. The minimum Gasteiger partial charge on any atom is -0.334 e. The molecule has 0 fully saturated rings. The maximum atomic E-state index is 4.09. The Hall–Kier alpha value is -0.310. The summed E-state index contributed by atoms with van der Waals surface area (Å²) in [6.45, 7) is 1.14. The van der Waals surface area contributed by atoms with Gasteiger partial charge in [-0.3, -0.25) is 0 Å². The third kappa shape index (κ3) is 0.888. The average molecular weight is 201 g/mol. The van der Waals surface area contributed by atoms with Crippen LogP contribution in [-0.4, -0.2) is 9.55 Å². The van der Waals surface area contributed by atoms with Gasteiger partial charge in [0.15, 0.2) is 0 Å². The largest absolute Gasteiger partial charge is 0.334 e. The molecular weight excluding hydrogens is 192 g/mol. The van der Waals surface area contributed by atoms with E-state index in [1.54, 1.807) is 0 Å². The lowest BCUT2D eigenvalue weighted by molar-refractivity contribution is 0.529. The molecule has 0 saturated heterocycles. The summed E-state index contributed by atoms with van der Waals surface area (Å²) in [5, 5.41) is 0. The first-order chi connectivity index (χ1) is 4.88. The second-order valence-electron chi connectivity index (χ2n) is 2.62. The topological polar surface area (TPSA) is 17.8 Å². The quantitative estimate of drug-likeness (QED) is 0.588. The van der Waals surface area contributed by atoms with E-state index < -0.39 is 0 Å². The molecule has 0 aromatic carbocycles. The molecule has 0 N–H and O–H groups in total. The Kier molecular flexibility index (Phi) is 1.52. The monoisotopic (exact) mass is 200 g/mol. The van der Waals surface area contributed by atoms with Crippen LogP contribution < -0.4 is 0 Å². The van der Waals surface area contributed by atoms with E-state index in [4.69, 9.17) is 0 Å². The second kappa shape index (κ2) is 2.38. The molecule has 0 saturated carbocycles. The summed E-state index contributed by atoms with van der Waals surface area (Å²) in [6.07, 6.45) is 6.35. The van der Waals surface area contributed by atoms with Crippen LogP contribution in [0.1, 0.15) is 23.4 Å². The molecule has 3 heteroatoms. The van der Waals surface area contributed by atoms with Gasteiger partial charge in [-0.2, -0.15) is 0 Å². The smallest absolute Gasteiger partial charge is 0.0948 e. The summed E-state index contributed by atoms with van der Waals surface area (Å²) >= 11 is 3.61. The first kappa shape index (κ1) is 6.40. The predicted molar refractivity (Wildman–Crippen MR) is 43.1 cm³/mol. The summed E-state index contributed by atoms with van der Waals surface area (Å²) in [4.78, 5) is 4.62. The van der Waals surface area contributed by atoms with Crippen molar-refractivity contribution in [3.63, 3.8) is 0 Å². The van der Waals surface area contributed by atoms with E-state index in [1.165, 1.54) is 18.5 Å². The third-order valence-electron chi connectivity index (χ3n) is 1.92. The van der Waals surface area contributed by atoms with Crippen LogP contribution >= 0.6 is 15.9 Å². The number of hydrogen-bond acceptors (Lipinski definition) is 1. The standard InChI is InChI=1S/C7H9BrN2/c8-6-2-1-3-10-5-9-4-7(6)10/h4-6H,1-3H2. The number of aryl methyl sites for hydroxylation is 1. The zero-order valence-corrected chi connectivity index (χ0v) is 7.21. The van der Waals surface area contributed by atoms with Gasteiger partial charge in [-0.05, 0) is 12.8 Å². The van der Waals surface area contributed by atoms with Crippen LogP contribution in [0.3, 0.4) is 0 Å². The zero-order valence-electron chi connectivity index (χ0n) is 5.63. The number of imidazole rings is 1. The number of halogens is 1. The summed E-state index contributed by atoms with van der Waals surface area (Å²) in [6, 6.07) is 0. The Morgan fingerprint density at radius 2 is 2.60 bits per heavy atom. The Morgan fingerprint density at radius 3 is 3.40 bits per heavy atom. The van der Waals surface area contributed by atoms with Crippen molar-refractivity contribution < 1.29 is 0 Å². The molecule has 0 radical (unpaired) electrons. The molecular formula is C7H9BrN2. The molecule has 10 heavy (non-hydrogen) atoms. The van der Waals surface area contributed by atoms with Crippen molar-refractivity contribution in [2.45, 2.75) is 24.2 Å². The van der Waals surface area contributed by atoms with Crippen LogP contribution in [0.4, 0.5) is 0 Å². The maximum absolute atomic E-state index is 4.09. The van der Waals surface area contributed by atoms with Gasteiger partial charge >= 0.3 is 0 Å². The highest BCUT2D eigenvalue weighted by Crippen LogP contribution is 2.31. The van der Waals surface area contributed by atoms with Gasteiger partial charge in [0.2, 0.25) is 0 Å². The zero-order chi connectivity index (χ0) is 6.97. The van der Waals surface area contributed by atoms with Crippen LogP contribution in [0, 0.1) is 0 Å². The molecule has 0 spiro atoms. The highest BCUT2D eigenvalue weighted by atomic mass is 79.9. The summed E-state index contributed by atoms with van der Waals surface area (Å²) in [5.74, 6) is 0. The molecule has 1 atom stereocenters. The fourth-order valence-corrected chi connectivity index (χ4v) is 2.07. The SMILES string of the molecule is BrC1CCCn2cncc21. The summed E-state index contributed by atoms with van der Waals surface area (Å²) < 4.78 is 2.21. The number of hydrogen-bond donors (Lipinski definition) is 0. The lowest BCUT2D eigenvalue weighted by Crippen LogP contribution is -2.09. The van der Waals surface area contributed by atoms with Crippen molar-refractivity contribution in [2.75, 3.05) is 0 Å². The molecule has 1 aliphatic heterocycles. The Bertz CT molecular complexity index is 231. The van der Waals surface area contributed by atoms with Gasteiger partial charge < -0.3 is 4.57 Å². The van der Waals surface area contributed by atoms with E-state index >= 15 is 0 Å². The van der Waals surface area contributed by atoms with Crippen molar-refractivity contribution in [3.05, 3.63) is 18.2 Å². The number of aromatic nitrogens is 2. The van der Waals surface area contributed by atoms with Crippen molar-refractivity contribution >= 4 is 15.9 Å². The van der Waals surface area contributed by atoms with Crippen LogP contribution in [0.25, 0.3) is 0 Å². The van der Waals surface area contributed by atoms with E-state index in [9.17, 15) is 0 Å². The maximum Gasteiger partial charge on any atom is 0.0948 e. The summed E-state index contributed by atoms with van der Waals surface area (Å²) in [7, 11) is 0. The minimum absolute atomic E-state index is 0.531. The van der Waals surface area contributed by atoms with E-state index in [1.807, 2.05) is 12.5 Å². The molecule has 1 aromatic rings. The van der Waals surface area contributed by atoms with Gasteiger partial charge in [0.1, 0.15) is 0 Å². The molecule has 0 bridgehead atoms. The lowest BCUT2D eigenvalue weighted by atomic mass is 10.1. The normalized spacial score (nSPS) is 24.3. The average Bonchev–Trinajstić information content (AvgIpc) is 2.36. The highest BCUT2D eigenvalue weighted by Gasteiger charge is 2.16. The molecule has 54 valence electrons. The molecule has 2 rings (SSSR count). The third-order valence-corrected chi connectivity index (χ3v) is 2.85. The van der Waals surface area contributed by atoms with E-state index in [0.717, 1.165) is 6.54 Å². The molecule has 2 heterocycles. The van der Waals surface area contributed by atoms with Crippen LogP contribution in [0.5, 0.6) is 0 Å². The minimum atomic E-state index is 0.531. The highest BCUT2D eigenvalue weighted by molar-refractivity contribution is 9.09. The molecule has 0 aliphatic carbocycles.